The molecule has 1 aromatic carbocycles. The van der Waals surface area contributed by atoms with Gasteiger partial charge in [-0.25, -0.2) is 17.2 Å². The number of likely N-dealkylation sites (tertiary alicyclic amines) is 1. The highest BCUT2D eigenvalue weighted by molar-refractivity contribution is 7.90. The lowest BCUT2D eigenvalue weighted by atomic mass is 9.99. The van der Waals surface area contributed by atoms with Crippen LogP contribution in [0.2, 0.25) is 5.02 Å². The van der Waals surface area contributed by atoms with Gasteiger partial charge in [0.15, 0.2) is 0 Å². The minimum absolute atomic E-state index is 0.0147. The van der Waals surface area contributed by atoms with Crippen LogP contribution in [0.4, 0.5) is 23.8 Å². The molecule has 0 N–H and O–H groups in total. The lowest BCUT2D eigenvalue weighted by Gasteiger charge is -2.38. The van der Waals surface area contributed by atoms with Gasteiger partial charge in [0, 0.05) is 50.0 Å². The van der Waals surface area contributed by atoms with Gasteiger partial charge in [-0.1, -0.05) is 11.6 Å². The molecule has 14 heteroatoms. The molecule has 3 rings (SSSR count). The number of aromatic nitrogens is 1. The predicted molar refractivity (Wildman–Crippen MR) is 151 cm³/mol. The minimum Gasteiger partial charge on any atom is -0.444 e. The van der Waals surface area contributed by atoms with Gasteiger partial charge in [0.05, 0.1) is 11.3 Å². The Morgan fingerprint density at radius 1 is 1.17 bits per heavy atom. The molecule has 0 unspecified atom stereocenters. The molecule has 0 saturated carbocycles. The summed E-state index contributed by atoms with van der Waals surface area (Å²) >= 11 is 6.40. The topological polar surface area (TPSA) is 92.2 Å². The first kappa shape index (κ1) is 32.7. The molecular weight excluding hydrogens is 585 g/mol. The summed E-state index contributed by atoms with van der Waals surface area (Å²) in [5, 5.41) is -0.240. The van der Waals surface area contributed by atoms with E-state index in [2.05, 4.69) is 0 Å². The number of alkyl halides is 3. The Balaban J connectivity index is 1.88. The SMILES string of the molecule is CCS(=O)(=O)n1cccc1N(C)C(=O)c1cc(Cl)c(CN2CCC[C@H](N(C)C(=O)OC(C)(C)C)C2)c(C(F)(F)F)c1. The van der Waals surface area contributed by atoms with E-state index in [-0.39, 0.29) is 40.3 Å². The number of carbonyl (C=O) groups is 2. The summed E-state index contributed by atoms with van der Waals surface area (Å²) in [6.07, 6.45) is -2.74. The molecular formula is C27H36ClF3N4O5S. The number of hydrogen-bond acceptors (Lipinski definition) is 6. The number of anilines is 1. The van der Waals surface area contributed by atoms with E-state index in [4.69, 9.17) is 16.3 Å². The van der Waals surface area contributed by atoms with Gasteiger partial charge in [-0.15, -0.1) is 0 Å². The standard InChI is InChI=1S/C27H36ClF3N4O5S/c1-7-41(38,39)35-13-9-11-23(35)33(6)24(36)18-14-21(27(29,30)31)20(22(28)15-18)17-34-12-8-10-19(16-34)32(5)25(37)40-26(2,3)4/h9,11,13-15,19H,7-8,10,12,16-17H2,1-6H3/t19-/m0/s1. The van der Waals surface area contributed by atoms with Crippen LogP contribution in [0.3, 0.4) is 0 Å². The zero-order valence-corrected chi connectivity index (χ0v) is 25.5. The quantitative estimate of drug-likeness (QED) is 0.408. The van der Waals surface area contributed by atoms with Gasteiger partial charge in [0.25, 0.3) is 5.91 Å². The zero-order chi connectivity index (χ0) is 30.9. The van der Waals surface area contributed by atoms with Gasteiger partial charge in [0.1, 0.15) is 11.4 Å². The van der Waals surface area contributed by atoms with Crippen LogP contribution in [0.15, 0.2) is 30.5 Å². The van der Waals surface area contributed by atoms with Crippen molar-refractivity contribution in [1.82, 2.24) is 13.8 Å². The molecule has 2 amide bonds. The average Bonchev–Trinajstić information content (AvgIpc) is 3.38. The minimum atomic E-state index is -4.82. The molecule has 1 aliphatic rings. The first-order valence-electron chi connectivity index (χ1n) is 13.1. The third kappa shape index (κ3) is 7.75. The van der Waals surface area contributed by atoms with Crippen molar-refractivity contribution in [3.05, 3.63) is 52.2 Å². The van der Waals surface area contributed by atoms with Gasteiger partial charge in [0.2, 0.25) is 10.0 Å². The number of benzene rings is 1. The van der Waals surface area contributed by atoms with E-state index in [0.29, 0.717) is 25.9 Å². The second-order valence-electron chi connectivity index (χ2n) is 11.0. The van der Waals surface area contributed by atoms with Crippen molar-refractivity contribution >= 4 is 39.4 Å². The van der Waals surface area contributed by atoms with Crippen molar-refractivity contribution in [2.45, 2.75) is 64.9 Å². The molecule has 1 fully saturated rings. The monoisotopic (exact) mass is 620 g/mol. The summed E-state index contributed by atoms with van der Waals surface area (Å²) in [5.74, 6) is -1.10. The normalized spacial score (nSPS) is 16.9. The van der Waals surface area contributed by atoms with Gasteiger partial charge >= 0.3 is 12.3 Å². The average molecular weight is 621 g/mol. The predicted octanol–water partition coefficient (Wildman–Crippen LogP) is 5.47. The Labute approximate surface area is 243 Å². The van der Waals surface area contributed by atoms with E-state index in [1.54, 1.807) is 32.7 Å². The van der Waals surface area contributed by atoms with E-state index in [1.165, 1.54) is 43.3 Å². The van der Waals surface area contributed by atoms with Crippen molar-refractivity contribution in [3.63, 3.8) is 0 Å². The summed E-state index contributed by atoms with van der Waals surface area (Å²) in [4.78, 5) is 30.0. The molecule has 0 bridgehead atoms. The van der Waals surface area contributed by atoms with E-state index < -0.39 is 39.4 Å². The molecule has 41 heavy (non-hydrogen) atoms. The van der Waals surface area contributed by atoms with Crippen molar-refractivity contribution in [1.29, 1.82) is 0 Å². The molecule has 1 aliphatic heterocycles. The number of amides is 2. The Morgan fingerprint density at radius 3 is 2.41 bits per heavy atom. The van der Waals surface area contributed by atoms with E-state index >= 15 is 0 Å². The maximum atomic E-state index is 14.3. The number of hydrogen-bond donors (Lipinski definition) is 0. The van der Waals surface area contributed by atoms with Crippen molar-refractivity contribution in [3.8, 4) is 0 Å². The molecule has 1 saturated heterocycles. The van der Waals surface area contributed by atoms with Crippen LogP contribution in [0, 0.1) is 0 Å². The first-order valence-corrected chi connectivity index (χ1v) is 15.1. The van der Waals surface area contributed by atoms with E-state index in [0.717, 1.165) is 14.9 Å². The van der Waals surface area contributed by atoms with Gasteiger partial charge in [-0.05, 0) is 76.9 Å². The van der Waals surface area contributed by atoms with E-state index in [1.807, 2.05) is 0 Å². The molecule has 228 valence electrons. The Morgan fingerprint density at radius 2 is 1.83 bits per heavy atom. The molecule has 1 atom stereocenters. The molecule has 9 nitrogen and oxygen atoms in total. The molecule has 2 aromatic rings. The van der Waals surface area contributed by atoms with Crippen LogP contribution in [-0.2, 0) is 27.5 Å². The first-order chi connectivity index (χ1) is 18.9. The highest BCUT2D eigenvalue weighted by Gasteiger charge is 2.37. The van der Waals surface area contributed by atoms with Crippen LogP contribution in [-0.4, -0.2) is 78.8 Å². The van der Waals surface area contributed by atoms with Crippen molar-refractivity contribution in [2.24, 2.45) is 0 Å². The van der Waals surface area contributed by atoms with Gasteiger partial charge in [-0.2, -0.15) is 13.2 Å². The van der Waals surface area contributed by atoms with Crippen LogP contribution in [0.25, 0.3) is 0 Å². The van der Waals surface area contributed by atoms with Crippen LogP contribution in [0.5, 0.6) is 0 Å². The molecule has 0 aliphatic carbocycles. The molecule has 1 aromatic heterocycles. The lowest BCUT2D eigenvalue weighted by Crippen LogP contribution is -2.49. The Hall–Kier alpha value is -2.77. The van der Waals surface area contributed by atoms with Crippen molar-refractivity contribution < 1.29 is 35.9 Å². The molecule has 2 heterocycles. The number of rotatable bonds is 7. The number of ether oxygens (including phenoxy) is 1. The fourth-order valence-corrected chi connectivity index (χ4v) is 5.94. The van der Waals surface area contributed by atoms with E-state index in [9.17, 15) is 31.2 Å². The van der Waals surface area contributed by atoms with Crippen LogP contribution < -0.4 is 4.90 Å². The van der Waals surface area contributed by atoms with Crippen LogP contribution >= 0.6 is 11.6 Å². The second kappa shape index (κ2) is 12.2. The third-order valence-electron chi connectivity index (χ3n) is 6.84. The summed E-state index contributed by atoms with van der Waals surface area (Å²) < 4.78 is 74.0. The fraction of sp³-hybridized carbons (Fsp3) is 0.556. The molecule has 0 radical (unpaired) electrons. The summed E-state index contributed by atoms with van der Waals surface area (Å²) in [7, 11) is -0.868. The summed E-state index contributed by atoms with van der Waals surface area (Å²) in [6.45, 7) is 7.37. The third-order valence-corrected chi connectivity index (χ3v) is 8.82. The number of carbonyl (C=O) groups excluding carboxylic acids is 2. The maximum absolute atomic E-state index is 14.3. The summed E-state index contributed by atoms with van der Waals surface area (Å²) in [6, 6.07) is 4.45. The highest BCUT2D eigenvalue weighted by atomic mass is 35.5. The lowest BCUT2D eigenvalue weighted by molar-refractivity contribution is -0.138. The molecule has 0 spiro atoms. The number of halogens is 4. The smallest absolute Gasteiger partial charge is 0.416 e. The van der Waals surface area contributed by atoms with Crippen molar-refractivity contribution in [2.75, 3.05) is 37.8 Å². The highest BCUT2D eigenvalue weighted by Crippen LogP contribution is 2.38. The second-order valence-corrected chi connectivity index (χ2v) is 13.6. The Kier molecular flexibility index (Phi) is 9.76. The maximum Gasteiger partial charge on any atom is 0.416 e. The van der Waals surface area contributed by atoms with Gasteiger partial charge in [-0.3, -0.25) is 14.6 Å². The Bertz CT molecular complexity index is 1390. The summed E-state index contributed by atoms with van der Waals surface area (Å²) in [5.41, 5.74) is -2.26. The fourth-order valence-electron chi connectivity index (χ4n) is 4.66. The number of nitrogens with zero attached hydrogens (tertiary/aromatic N) is 4. The number of piperidine rings is 1. The van der Waals surface area contributed by atoms with Crippen LogP contribution in [0.1, 0.15) is 62.0 Å². The zero-order valence-electron chi connectivity index (χ0n) is 24.0. The largest absolute Gasteiger partial charge is 0.444 e. The van der Waals surface area contributed by atoms with Gasteiger partial charge < -0.3 is 9.64 Å². The number of likely N-dealkylation sites (N-methyl/N-ethyl adjacent to an activating group) is 1.